The third kappa shape index (κ3) is 3.20. The van der Waals surface area contributed by atoms with Crippen molar-refractivity contribution in [1.29, 1.82) is 0 Å². The number of amides is 4. The number of carbonyl (C=O) groups is 3. The maximum atomic E-state index is 12.8. The van der Waals surface area contributed by atoms with Crippen molar-refractivity contribution in [2.45, 2.75) is 32.4 Å². The number of hydrogen-bond acceptors (Lipinski definition) is 4. The molecule has 0 saturated carbocycles. The smallest absolute Gasteiger partial charge is 0.325 e. The summed E-state index contributed by atoms with van der Waals surface area (Å²) in [7, 11) is 0. The molecule has 136 valence electrons. The summed E-state index contributed by atoms with van der Waals surface area (Å²) >= 11 is 0. The number of aryl methyl sites for hydroxylation is 1. The van der Waals surface area contributed by atoms with E-state index in [1.807, 2.05) is 19.1 Å². The number of nitrogens with one attached hydrogen (secondary N) is 2. The molecule has 0 aliphatic carbocycles. The minimum absolute atomic E-state index is 0.350. The van der Waals surface area contributed by atoms with Crippen LogP contribution in [0.15, 0.2) is 47.1 Å². The van der Waals surface area contributed by atoms with Crippen LogP contribution >= 0.6 is 0 Å². The highest BCUT2D eigenvalue weighted by atomic mass is 16.3. The number of urea groups is 1. The van der Waals surface area contributed by atoms with Crippen molar-refractivity contribution in [3.63, 3.8) is 0 Å². The van der Waals surface area contributed by atoms with E-state index in [2.05, 4.69) is 10.6 Å². The van der Waals surface area contributed by atoms with Crippen LogP contribution in [-0.2, 0) is 15.1 Å². The molecule has 4 amide bonds. The molecule has 1 aromatic heterocycles. The Bertz CT molecular complexity index is 829. The zero-order valence-corrected chi connectivity index (χ0v) is 14.9. The summed E-state index contributed by atoms with van der Waals surface area (Å²) in [5.41, 5.74) is 0.545. The molecule has 1 aromatic carbocycles. The van der Waals surface area contributed by atoms with Crippen LogP contribution in [0.5, 0.6) is 0 Å². The number of furan rings is 1. The van der Waals surface area contributed by atoms with Gasteiger partial charge in [-0.05, 0) is 38.5 Å². The molecule has 2 unspecified atom stereocenters. The molecule has 26 heavy (non-hydrogen) atoms. The Hall–Kier alpha value is -3.09. The highest BCUT2D eigenvalue weighted by Crippen LogP contribution is 2.28. The fourth-order valence-corrected chi connectivity index (χ4v) is 2.96. The number of nitrogens with zero attached hydrogens (tertiary/aromatic N) is 1. The molecular weight excluding hydrogens is 334 g/mol. The molecule has 0 bridgehead atoms. The first-order chi connectivity index (χ1) is 12.3. The van der Waals surface area contributed by atoms with Crippen LogP contribution in [0.25, 0.3) is 0 Å². The van der Waals surface area contributed by atoms with Crippen molar-refractivity contribution in [1.82, 2.24) is 15.5 Å². The van der Waals surface area contributed by atoms with E-state index >= 15 is 0 Å². The minimum atomic E-state index is -1.18. The molecule has 1 aliphatic rings. The molecule has 7 nitrogen and oxygen atoms in total. The first-order valence-corrected chi connectivity index (χ1v) is 8.35. The van der Waals surface area contributed by atoms with E-state index in [0.717, 1.165) is 10.5 Å². The Balaban J connectivity index is 1.71. The fraction of sp³-hybridized carbons (Fsp3) is 0.316. The van der Waals surface area contributed by atoms with Gasteiger partial charge in [-0.25, -0.2) is 4.79 Å². The molecule has 2 N–H and O–H groups in total. The summed E-state index contributed by atoms with van der Waals surface area (Å²) in [6.45, 7) is 5.00. The number of rotatable bonds is 5. The maximum absolute atomic E-state index is 12.8. The molecule has 1 fully saturated rings. The van der Waals surface area contributed by atoms with Crippen LogP contribution in [0.4, 0.5) is 4.79 Å². The van der Waals surface area contributed by atoms with Crippen molar-refractivity contribution in [2.75, 3.05) is 6.54 Å². The SMILES string of the molecule is Cc1ccc(C2(C)NC(=O)N(CC(=O)NC(C)c3ccco3)C2=O)cc1. The molecule has 1 aliphatic heterocycles. The standard InChI is InChI=1S/C19H21N3O4/c1-12-6-8-14(9-7-12)19(3)17(24)22(18(25)21-19)11-16(23)20-13(2)15-5-4-10-26-15/h4-10,13H,11H2,1-3H3,(H,20,23)(H,21,25). The Morgan fingerprint density at radius 1 is 1.27 bits per heavy atom. The first-order valence-electron chi connectivity index (χ1n) is 8.35. The van der Waals surface area contributed by atoms with Gasteiger partial charge >= 0.3 is 6.03 Å². The Morgan fingerprint density at radius 2 is 1.96 bits per heavy atom. The lowest BCUT2D eigenvalue weighted by molar-refractivity contribution is -0.135. The van der Waals surface area contributed by atoms with Crippen molar-refractivity contribution >= 4 is 17.8 Å². The van der Waals surface area contributed by atoms with Gasteiger partial charge < -0.3 is 15.1 Å². The lowest BCUT2D eigenvalue weighted by atomic mass is 9.91. The predicted molar refractivity (Wildman–Crippen MR) is 94.0 cm³/mol. The number of benzene rings is 1. The van der Waals surface area contributed by atoms with Crippen molar-refractivity contribution in [3.05, 3.63) is 59.5 Å². The van der Waals surface area contributed by atoms with Gasteiger partial charge in [0, 0.05) is 0 Å². The largest absolute Gasteiger partial charge is 0.467 e. The lowest BCUT2D eigenvalue weighted by Crippen LogP contribution is -2.43. The summed E-state index contributed by atoms with van der Waals surface area (Å²) in [4.78, 5) is 38.3. The van der Waals surface area contributed by atoms with E-state index in [9.17, 15) is 14.4 Å². The normalized spacial score (nSPS) is 20.8. The van der Waals surface area contributed by atoms with Gasteiger partial charge in [0.2, 0.25) is 5.91 Å². The third-order valence-corrected chi connectivity index (χ3v) is 4.55. The second-order valence-corrected chi connectivity index (χ2v) is 6.62. The number of imide groups is 1. The second-order valence-electron chi connectivity index (χ2n) is 6.62. The average molecular weight is 355 g/mol. The zero-order chi connectivity index (χ0) is 18.9. The molecule has 3 rings (SSSR count). The van der Waals surface area contributed by atoms with Crippen LogP contribution in [0.1, 0.15) is 36.8 Å². The Morgan fingerprint density at radius 3 is 2.58 bits per heavy atom. The topological polar surface area (TPSA) is 91.7 Å². The molecular formula is C19H21N3O4. The predicted octanol–water partition coefficient (Wildman–Crippen LogP) is 2.23. The summed E-state index contributed by atoms with van der Waals surface area (Å²) in [6, 6.07) is 9.88. The van der Waals surface area contributed by atoms with Gasteiger partial charge in [0.25, 0.3) is 5.91 Å². The maximum Gasteiger partial charge on any atom is 0.325 e. The molecule has 0 spiro atoms. The second kappa shape index (κ2) is 6.67. The third-order valence-electron chi connectivity index (χ3n) is 4.55. The van der Waals surface area contributed by atoms with E-state index in [4.69, 9.17) is 4.42 Å². The highest BCUT2D eigenvalue weighted by molar-refractivity contribution is 6.09. The Kier molecular flexibility index (Phi) is 4.54. The molecule has 0 radical (unpaired) electrons. The van der Waals surface area contributed by atoms with Crippen LogP contribution < -0.4 is 10.6 Å². The van der Waals surface area contributed by atoms with Gasteiger partial charge in [0.15, 0.2) is 0 Å². The van der Waals surface area contributed by atoms with Crippen molar-refractivity contribution < 1.29 is 18.8 Å². The first kappa shape index (κ1) is 17.7. The fourth-order valence-electron chi connectivity index (χ4n) is 2.96. The molecule has 7 heteroatoms. The van der Waals surface area contributed by atoms with E-state index in [-0.39, 0.29) is 12.6 Å². The molecule has 2 atom stereocenters. The van der Waals surface area contributed by atoms with Crippen LogP contribution in [0.2, 0.25) is 0 Å². The van der Waals surface area contributed by atoms with E-state index in [0.29, 0.717) is 11.3 Å². The van der Waals surface area contributed by atoms with Gasteiger partial charge in [-0.3, -0.25) is 14.5 Å². The highest BCUT2D eigenvalue weighted by Gasteiger charge is 2.49. The van der Waals surface area contributed by atoms with Gasteiger partial charge in [-0.2, -0.15) is 0 Å². The lowest BCUT2D eigenvalue weighted by Gasteiger charge is -2.22. The quantitative estimate of drug-likeness (QED) is 0.805. The van der Waals surface area contributed by atoms with E-state index < -0.39 is 23.4 Å². The Labute approximate surface area is 151 Å². The summed E-state index contributed by atoms with van der Waals surface area (Å²) < 4.78 is 5.23. The van der Waals surface area contributed by atoms with Gasteiger partial charge in [-0.15, -0.1) is 0 Å². The van der Waals surface area contributed by atoms with E-state index in [1.54, 1.807) is 38.1 Å². The minimum Gasteiger partial charge on any atom is -0.467 e. The summed E-state index contributed by atoms with van der Waals surface area (Å²) in [5.74, 6) is -0.294. The van der Waals surface area contributed by atoms with Gasteiger partial charge in [0.1, 0.15) is 17.8 Å². The van der Waals surface area contributed by atoms with Crippen molar-refractivity contribution in [2.24, 2.45) is 0 Å². The molecule has 1 saturated heterocycles. The van der Waals surface area contributed by atoms with Gasteiger partial charge in [0.05, 0.1) is 12.3 Å². The molecule has 2 aromatic rings. The monoisotopic (exact) mass is 355 g/mol. The summed E-state index contributed by atoms with van der Waals surface area (Å²) in [5, 5.41) is 5.41. The zero-order valence-electron chi connectivity index (χ0n) is 14.9. The number of carbonyl (C=O) groups excluding carboxylic acids is 3. The number of hydrogen-bond donors (Lipinski definition) is 2. The van der Waals surface area contributed by atoms with Crippen molar-refractivity contribution in [3.8, 4) is 0 Å². The van der Waals surface area contributed by atoms with Crippen LogP contribution in [-0.4, -0.2) is 29.3 Å². The summed E-state index contributed by atoms with van der Waals surface area (Å²) in [6.07, 6.45) is 1.52. The van der Waals surface area contributed by atoms with E-state index in [1.165, 1.54) is 6.26 Å². The molecule has 2 heterocycles. The van der Waals surface area contributed by atoms with Crippen LogP contribution in [0, 0.1) is 6.92 Å². The van der Waals surface area contributed by atoms with Crippen LogP contribution in [0.3, 0.4) is 0 Å². The average Bonchev–Trinajstić information content (AvgIpc) is 3.20. The van der Waals surface area contributed by atoms with Gasteiger partial charge in [-0.1, -0.05) is 29.8 Å².